The molecule has 1 aromatic heterocycles. The van der Waals surface area contributed by atoms with Gasteiger partial charge in [-0.2, -0.15) is 5.10 Å². The molecule has 0 bridgehead atoms. The van der Waals surface area contributed by atoms with E-state index < -0.39 is 0 Å². The van der Waals surface area contributed by atoms with Gasteiger partial charge < -0.3 is 9.47 Å². The van der Waals surface area contributed by atoms with E-state index >= 15 is 0 Å². The highest BCUT2D eigenvalue weighted by atomic mass is 35.5. The molecule has 0 N–H and O–H groups in total. The van der Waals surface area contributed by atoms with Crippen molar-refractivity contribution in [2.45, 2.75) is 26.8 Å². The van der Waals surface area contributed by atoms with Crippen LogP contribution >= 0.6 is 22.9 Å². The molecule has 7 heteroatoms. The van der Waals surface area contributed by atoms with Crippen molar-refractivity contribution >= 4 is 28.6 Å². The number of thiazole rings is 1. The molecule has 2 heterocycles. The molecule has 144 valence electrons. The van der Waals surface area contributed by atoms with Crippen LogP contribution < -0.4 is 14.3 Å². The number of aromatic nitrogens is 1. The molecule has 0 aliphatic carbocycles. The molecule has 1 aliphatic heterocycles. The second kappa shape index (κ2) is 7.81. The molecular weight excluding hydrogens is 394 g/mol. The molecule has 4 rings (SSSR count). The summed E-state index contributed by atoms with van der Waals surface area (Å²) in [6.45, 7) is 6.35. The summed E-state index contributed by atoms with van der Waals surface area (Å²) in [5.41, 5.74) is 3.84. The Hall–Kier alpha value is -2.57. The van der Waals surface area contributed by atoms with Crippen LogP contribution in [-0.2, 0) is 0 Å². The number of rotatable bonds is 4. The zero-order valence-electron chi connectivity index (χ0n) is 15.8. The summed E-state index contributed by atoms with van der Waals surface area (Å²) in [6.07, 6.45) is 0. The summed E-state index contributed by atoms with van der Waals surface area (Å²) in [4.78, 5) is 5.58. The summed E-state index contributed by atoms with van der Waals surface area (Å²) in [5.74, 6) is 1.50. The maximum Gasteiger partial charge on any atom is 0.231 e. The van der Waals surface area contributed by atoms with Gasteiger partial charge in [0.25, 0.3) is 0 Å². The second-order valence-corrected chi connectivity index (χ2v) is 7.97. The van der Waals surface area contributed by atoms with Crippen molar-refractivity contribution in [3.05, 3.63) is 63.2 Å². The van der Waals surface area contributed by atoms with Crippen molar-refractivity contribution in [1.29, 1.82) is 0 Å². The fraction of sp³-hybridized carbons (Fsp3) is 0.238. The highest BCUT2D eigenvalue weighted by Gasteiger charge is 2.15. The van der Waals surface area contributed by atoms with Gasteiger partial charge in [0.2, 0.25) is 11.6 Å². The van der Waals surface area contributed by atoms with Crippen LogP contribution in [0, 0.1) is 0 Å². The van der Waals surface area contributed by atoms with E-state index in [0.29, 0.717) is 5.02 Å². The van der Waals surface area contributed by atoms with Crippen molar-refractivity contribution in [3.63, 3.8) is 0 Å². The minimum atomic E-state index is 0.170. The van der Waals surface area contributed by atoms with E-state index in [1.54, 1.807) is 11.3 Å². The molecule has 2 aromatic carbocycles. The van der Waals surface area contributed by atoms with Crippen LogP contribution in [0.5, 0.6) is 11.5 Å². The van der Waals surface area contributed by atoms with Crippen LogP contribution in [0.15, 0.2) is 57.9 Å². The first-order chi connectivity index (χ1) is 13.5. The second-order valence-electron chi connectivity index (χ2n) is 6.70. The molecule has 0 atom stereocenters. The van der Waals surface area contributed by atoms with Gasteiger partial charge >= 0.3 is 0 Å². The monoisotopic (exact) mass is 413 g/mol. The summed E-state index contributed by atoms with van der Waals surface area (Å²) in [5, 5.41) is 7.66. The Balaban J connectivity index is 1.82. The van der Waals surface area contributed by atoms with E-state index in [9.17, 15) is 0 Å². The van der Waals surface area contributed by atoms with Crippen LogP contribution in [0.3, 0.4) is 0 Å². The summed E-state index contributed by atoms with van der Waals surface area (Å²) < 4.78 is 12.8. The molecule has 0 amide bonds. The van der Waals surface area contributed by atoms with E-state index in [-0.39, 0.29) is 12.8 Å². The number of ether oxygens (including phenoxy) is 2. The van der Waals surface area contributed by atoms with Crippen molar-refractivity contribution in [1.82, 2.24) is 4.68 Å². The fourth-order valence-electron chi connectivity index (χ4n) is 2.85. The molecule has 0 saturated carbocycles. The summed E-state index contributed by atoms with van der Waals surface area (Å²) in [6, 6.07) is 13.8. The first kappa shape index (κ1) is 18.8. The van der Waals surface area contributed by atoms with E-state index in [1.165, 1.54) is 0 Å². The molecule has 5 nitrogen and oxygen atoms in total. The number of nitrogens with zero attached hydrogens (tertiary/aromatic N) is 3. The van der Waals surface area contributed by atoms with E-state index in [4.69, 9.17) is 31.2 Å². The van der Waals surface area contributed by atoms with Crippen molar-refractivity contribution < 1.29 is 9.47 Å². The number of hydrogen-bond donors (Lipinski definition) is 0. The highest BCUT2D eigenvalue weighted by Crippen LogP contribution is 2.32. The number of fused-ring (bicyclic) bond motifs is 1. The lowest BCUT2D eigenvalue weighted by Crippen LogP contribution is -2.16. The number of benzene rings is 2. The van der Waals surface area contributed by atoms with Crippen molar-refractivity contribution in [3.8, 4) is 22.8 Å². The van der Waals surface area contributed by atoms with Gasteiger partial charge in [-0.3, -0.25) is 4.99 Å². The minimum absolute atomic E-state index is 0.170. The third-order valence-electron chi connectivity index (χ3n) is 4.23. The Morgan fingerprint density at radius 2 is 1.86 bits per heavy atom. The van der Waals surface area contributed by atoms with Crippen LogP contribution in [0.2, 0.25) is 5.02 Å². The van der Waals surface area contributed by atoms with Crippen LogP contribution in [0.25, 0.3) is 11.3 Å². The maximum atomic E-state index is 6.05. The lowest BCUT2D eigenvalue weighted by Gasteiger charge is -2.07. The predicted molar refractivity (Wildman–Crippen MR) is 114 cm³/mol. The molecule has 3 aromatic rings. The van der Waals surface area contributed by atoms with E-state index in [0.717, 1.165) is 38.8 Å². The van der Waals surface area contributed by atoms with Crippen LogP contribution in [0.1, 0.15) is 26.3 Å². The number of halogens is 1. The van der Waals surface area contributed by atoms with Gasteiger partial charge in [-0.05, 0) is 51.1 Å². The predicted octanol–water partition coefficient (Wildman–Crippen LogP) is 5.18. The van der Waals surface area contributed by atoms with Crippen LogP contribution in [-0.4, -0.2) is 23.2 Å². The Morgan fingerprint density at radius 1 is 1.11 bits per heavy atom. The molecule has 0 spiro atoms. The molecule has 0 radical (unpaired) electrons. The first-order valence-corrected chi connectivity index (χ1v) is 10.2. The van der Waals surface area contributed by atoms with Crippen molar-refractivity contribution in [2.75, 3.05) is 6.79 Å². The largest absolute Gasteiger partial charge is 0.454 e. The standard InChI is InChI=1S/C21H20ClN3O2S/c1-13(2)23-21-25(18(11-28-21)15-4-7-17(22)8-5-15)24-14(3)16-6-9-19-20(10-16)27-12-26-19/h4-11,13H,12H2,1-3H3/b23-21?,24-14+. The van der Waals surface area contributed by atoms with E-state index in [1.807, 2.05) is 54.1 Å². The van der Waals surface area contributed by atoms with Crippen molar-refractivity contribution in [2.24, 2.45) is 10.1 Å². The quantitative estimate of drug-likeness (QED) is 0.553. The lowest BCUT2D eigenvalue weighted by atomic mass is 10.1. The molecule has 0 saturated heterocycles. The maximum absolute atomic E-state index is 6.05. The smallest absolute Gasteiger partial charge is 0.231 e. The zero-order chi connectivity index (χ0) is 19.7. The average Bonchev–Trinajstić information content (AvgIpc) is 3.29. The zero-order valence-corrected chi connectivity index (χ0v) is 17.4. The molecule has 0 fully saturated rings. The topological polar surface area (TPSA) is 48.1 Å². The number of hydrogen-bond acceptors (Lipinski definition) is 5. The van der Waals surface area contributed by atoms with Gasteiger partial charge in [-0.1, -0.05) is 23.7 Å². The minimum Gasteiger partial charge on any atom is -0.454 e. The molecule has 28 heavy (non-hydrogen) atoms. The van der Waals surface area contributed by atoms with Crippen LogP contribution in [0.4, 0.5) is 0 Å². The third kappa shape index (κ3) is 3.84. The highest BCUT2D eigenvalue weighted by molar-refractivity contribution is 7.07. The van der Waals surface area contributed by atoms with E-state index in [2.05, 4.69) is 19.2 Å². The third-order valence-corrected chi connectivity index (χ3v) is 5.32. The van der Waals surface area contributed by atoms with Gasteiger partial charge in [-0.25, -0.2) is 4.68 Å². The molecular formula is C21H20ClN3O2S. The Labute approximate surface area is 172 Å². The normalized spacial score (nSPS) is 14.2. The van der Waals surface area contributed by atoms with Gasteiger partial charge in [0.15, 0.2) is 11.5 Å². The van der Waals surface area contributed by atoms with Gasteiger partial charge in [0, 0.05) is 27.6 Å². The fourth-order valence-corrected chi connectivity index (χ4v) is 3.94. The lowest BCUT2D eigenvalue weighted by molar-refractivity contribution is 0.174. The Kier molecular flexibility index (Phi) is 5.24. The average molecular weight is 414 g/mol. The molecule has 1 aliphatic rings. The van der Waals surface area contributed by atoms with Gasteiger partial charge in [-0.15, -0.1) is 11.3 Å². The van der Waals surface area contributed by atoms with Gasteiger partial charge in [0.1, 0.15) is 0 Å². The van der Waals surface area contributed by atoms with Gasteiger partial charge in [0.05, 0.1) is 11.4 Å². The Bertz CT molecular complexity index is 1100. The SMILES string of the molecule is C/C(=N\n1c(-c2ccc(Cl)cc2)csc1=NC(C)C)c1ccc2c(c1)OCO2. The molecule has 0 unspecified atom stereocenters. The Morgan fingerprint density at radius 3 is 2.61 bits per heavy atom. The first-order valence-electron chi connectivity index (χ1n) is 8.97. The summed E-state index contributed by atoms with van der Waals surface area (Å²) in [7, 11) is 0. The summed E-state index contributed by atoms with van der Waals surface area (Å²) >= 11 is 7.62.